The van der Waals surface area contributed by atoms with Crippen molar-refractivity contribution in [1.82, 2.24) is 5.43 Å². The predicted molar refractivity (Wildman–Crippen MR) is 93.0 cm³/mol. The zero-order valence-corrected chi connectivity index (χ0v) is 13.7. The van der Waals surface area contributed by atoms with Gasteiger partial charge in [0.25, 0.3) is 5.91 Å². The maximum Gasteiger partial charge on any atom is 0.271 e. The Balaban J connectivity index is 1.90. The number of carbonyl (C=O) groups excluding carboxylic acids is 1. The lowest BCUT2D eigenvalue weighted by Gasteiger charge is -2.09. The summed E-state index contributed by atoms with van der Waals surface area (Å²) >= 11 is 0. The largest absolute Gasteiger partial charge is 0.491 e. The standard InChI is InChI=1S/C19H22N2O2/c1-14(2)23-18-11-9-17(10-12-18)19(22)21-20-13-15(3)16-7-5-4-6-8-16/h4-15H,1-3H3,(H,21,22)/b20-13-/t15-/m0/s1. The lowest BCUT2D eigenvalue weighted by Crippen LogP contribution is -2.18. The molecule has 0 radical (unpaired) electrons. The first-order valence-corrected chi connectivity index (χ1v) is 7.71. The lowest BCUT2D eigenvalue weighted by atomic mass is 10.0. The summed E-state index contributed by atoms with van der Waals surface area (Å²) in [6.45, 7) is 5.95. The van der Waals surface area contributed by atoms with Crippen LogP contribution in [-0.2, 0) is 0 Å². The van der Waals surface area contributed by atoms with Gasteiger partial charge < -0.3 is 4.74 Å². The summed E-state index contributed by atoms with van der Waals surface area (Å²) in [7, 11) is 0. The second-order valence-electron chi connectivity index (χ2n) is 5.61. The third-order valence-corrected chi connectivity index (χ3v) is 3.28. The van der Waals surface area contributed by atoms with E-state index in [0.29, 0.717) is 5.56 Å². The number of nitrogens with zero attached hydrogens (tertiary/aromatic N) is 1. The molecule has 0 bridgehead atoms. The molecule has 120 valence electrons. The van der Waals surface area contributed by atoms with Gasteiger partial charge in [-0.2, -0.15) is 5.10 Å². The number of nitrogens with one attached hydrogen (secondary N) is 1. The molecule has 1 atom stereocenters. The Morgan fingerprint density at radius 3 is 2.30 bits per heavy atom. The van der Waals surface area contributed by atoms with E-state index in [1.54, 1.807) is 30.5 Å². The molecule has 0 unspecified atom stereocenters. The van der Waals surface area contributed by atoms with Crippen LogP contribution in [0.4, 0.5) is 0 Å². The Morgan fingerprint density at radius 1 is 1.04 bits per heavy atom. The van der Waals surface area contributed by atoms with Crippen LogP contribution in [0.5, 0.6) is 5.75 Å². The number of hydrazone groups is 1. The SMILES string of the molecule is CC(C)Oc1ccc(C(=O)N/N=C\[C@H](C)c2ccccc2)cc1. The molecule has 0 aliphatic heterocycles. The van der Waals surface area contributed by atoms with Crippen LogP contribution in [0.3, 0.4) is 0 Å². The molecule has 0 saturated heterocycles. The van der Waals surface area contributed by atoms with Gasteiger partial charge in [-0.3, -0.25) is 4.79 Å². The minimum absolute atomic E-state index is 0.110. The fourth-order valence-electron chi connectivity index (χ4n) is 2.07. The average Bonchev–Trinajstić information content (AvgIpc) is 2.55. The van der Waals surface area contributed by atoms with Crippen molar-refractivity contribution in [1.29, 1.82) is 0 Å². The van der Waals surface area contributed by atoms with Crippen LogP contribution < -0.4 is 10.2 Å². The zero-order valence-electron chi connectivity index (χ0n) is 13.7. The van der Waals surface area contributed by atoms with E-state index in [1.807, 2.05) is 51.1 Å². The molecule has 0 aromatic heterocycles. The molecule has 0 fully saturated rings. The molecule has 2 aromatic carbocycles. The molecule has 1 amide bonds. The van der Waals surface area contributed by atoms with Gasteiger partial charge in [-0.25, -0.2) is 5.43 Å². The monoisotopic (exact) mass is 310 g/mol. The molecule has 4 nitrogen and oxygen atoms in total. The predicted octanol–water partition coefficient (Wildman–Crippen LogP) is 3.99. The van der Waals surface area contributed by atoms with Crippen molar-refractivity contribution in [3.63, 3.8) is 0 Å². The highest BCUT2D eigenvalue weighted by Crippen LogP contribution is 2.14. The molecule has 4 heteroatoms. The summed E-state index contributed by atoms with van der Waals surface area (Å²) in [4.78, 5) is 12.0. The smallest absolute Gasteiger partial charge is 0.271 e. The average molecular weight is 310 g/mol. The molecule has 0 aliphatic rings. The van der Waals surface area contributed by atoms with Crippen molar-refractivity contribution < 1.29 is 9.53 Å². The van der Waals surface area contributed by atoms with Gasteiger partial charge in [0, 0.05) is 17.7 Å². The maximum atomic E-state index is 12.0. The Labute approximate surface area is 137 Å². The second kappa shape index (κ2) is 8.13. The summed E-state index contributed by atoms with van der Waals surface area (Å²) in [6, 6.07) is 17.0. The van der Waals surface area contributed by atoms with Crippen molar-refractivity contribution in [2.45, 2.75) is 32.8 Å². The molecule has 0 aliphatic carbocycles. The molecule has 23 heavy (non-hydrogen) atoms. The van der Waals surface area contributed by atoms with Crippen LogP contribution in [0, 0.1) is 0 Å². The minimum Gasteiger partial charge on any atom is -0.491 e. The molecule has 2 aromatic rings. The van der Waals surface area contributed by atoms with Crippen molar-refractivity contribution in [3.05, 3.63) is 65.7 Å². The van der Waals surface area contributed by atoms with Gasteiger partial charge in [0.2, 0.25) is 0 Å². The number of carbonyl (C=O) groups is 1. The fourth-order valence-corrected chi connectivity index (χ4v) is 2.07. The van der Waals surface area contributed by atoms with Crippen LogP contribution in [0.1, 0.15) is 42.6 Å². The Hall–Kier alpha value is -2.62. The number of benzene rings is 2. The Bertz CT molecular complexity index is 649. The first-order chi connectivity index (χ1) is 11.1. The Kier molecular flexibility index (Phi) is 5.92. The summed E-state index contributed by atoms with van der Waals surface area (Å²) < 4.78 is 5.55. The number of hydrogen-bond donors (Lipinski definition) is 1. The Morgan fingerprint density at radius 2 is 1.70 bits per heavy atom. The highest BCUT2D eigenvalue weighted by atomic mass is 16.5. The first-order valence-electron chi connectivity index (χ1n) is 7.71. The van der Waals surface area contributed by atoms with Gasteiger partial charge in [0.1, 0.15) is 5.75 Å². The topological polar surface area (TPSA) is 50.7 Å². The van der Waals surface area contributed by atoms with Gasteiger partial charge >= 0.3 is 0 Å². The number of hydrogen-bond acceptors (Lipinski definition) is 3. The fraction of sp³-hybridized carbons (Fsp3) is 0.263. The van der Waals surface area contributed by atoms with Crippen LogP contribution in [0.25, 0.3) is 0 Å². The second-order valence-corrected chi connectivity index (χ2v) is 5.61. The van der Waals surface area contributed by atoms with E-state index in [9.17, 15) is 4.79 Å². The van der Waals surface area contributed by atoms with E-state index >= 15 is 0 Å². The number of amides is 1. The van der Waals surface area contributed by atoms with Crippen LogP contribution in [0.2, 0.25) is 0 Å². The quantitative estimate of drug-likeness (QED) is 0.648. The van der Waals surface area contributed by atoms with E-state index in [0.717, 1.165) is 11.3 Å². The first kappa shape index (κ1) is 16.7. The summed E-state index contributed by atoms with van der Waals surface area (Å²) in [5.74, 6) is 0.647. The van der Waals surface area contributed by atoms with E-state index < -0.39 is 0 Å². The molecular weight excluding hydrogens is 288 g/mol. The molecule has 0 saturated carbocycles. The number of rotatable bonds is 6. The molecule has 0 spiro atoms. The third-order valence-electron chi connectivity index (χ3n) is 3.28. The van der Waals surface area contributed by atoms with E-state index in [2.05, 4.69) is 10.5 Å². The van der Waals surface area contributed by atoms with Crippen molar-refractivity contribution in [2.24, 2.45) is 5.10 Å². The molecule has 0 heterocycles. The minimum atomic E-state index is -0.238. The van der Waals surface area contributed by atoms with Crippen molar-refractivity contribution >= 4 is 12.1 Å². The van der Waals surface area contributed by atoms with Gasteiger partial charge in [0.15, 0.2) is 0 Å². The summed E-state index contributed by atoms with van der Waals surface area (Å²) in [5.41, 5.74) is 4.25. The van der Waals surface area contributed by atoms with Crippen LogP contribution in [0.15, 0.2) is 59.7 Å². The summed E-state index contributed by atoms with van der Waals surface area (Å²) in [6.07, 6.45) is 1.84. The maximum absolute atomic E-state index is 12.0. The van der Waals surface area contributed by atoms with Gasteiger partial charge in [-0.05, 0) is 43.7 Å². The normalized spacial score (nSPS) is 12.3. The van der Waals surface area contributed by atoms with Gasteiger partial charge in [-0.1, -0.05) is 37.3 Å². The zero-order chi connectivity index (χ0) is 16.7. The summed E-state index contributed by atoms with van der Waals surface area (Å²) in [5, 5.41) is 4.04. The number of ether oxygens (including phenoxy) is 1. The molecular formula is C19H22N2O2. The molecule has 2 rings (SSSR count). The van der Waals surface area contributed by atoms with E-state index in [-0.39, 0.29) is 17.9 Å². The van der Waals surface area contributed by atoms with Crippen LogP contribution >= 0.6 is 0 Å². The van der Waals surface area contributed by atoms with Crippen molar-refractivity contribution in [2.75, 3.05) is 0 Å². The van der Waals surface area contributed by atoms with Crippen molar-refractivity contribution in [3.8, 4) is 5.75 Å². The van der Waals surface area contributed by atoms with Crippen LogP contribution in [-0.4, -0.2) is 18.2 Å². The lowest BCUT2D eigenvalue weighted by molar-refractivity contribution is 0.0955. The van der Waals surface area contributed by atoms with E-state index in [1.165, 1.54) is 0 Å². The van der Waals surface area contributed by atoms with Gasteiger partial charge in [0.05, 0.1) is 6.10 Å². The van der Waals surface area contributed by atoms with E-state index in [4.69, 9.17) is 4.74 Å². The highest BCUT2D eigenvalue weighted by molar-refractivity contribution is 5.94. The highest BCUT2D eigenvalue weighted by Gasteiger charge is 2.06. The molecule has 1 N–H and O–H groups in total. The van der Waals surface area contributed by atoms with Gasteiger partial charge in [-0.15, -0.1) is 0 Å². The third kappa shape index (κ3) is 5.25.